The van der Waals surface area contributed by atoms with Crippen molar-refractivity contribution < 1.29 is 5.11 Å². The van der Waals surface area contributed by atoms with Crippen LogP contribution in [0.3, 0.4) is 0 Å². The fourth-order valence-electron chi connectivity index (χ4n) is 2.99. The number of aromatic amines is 1. The lowest BCUT2D eigenvalue weighted by molar-refractivity contribution is 0.369. The Bertz CT molecular complexity index is 914. The minimum Gasteiger partial charge on any atom is -0.507 e. The summed E-state index contributed by atoms with van der Waals surface area (Å²) in [6.45, 7) is 1.97. The Morgan fingerprint density at radius 2 is 1.75 bits per heavy atom. The molecule has 0 aliphatic carbocycles. The van der Waals surface area contributed by atoms with Gasteiger partial charge in [0.25, 0.3) is 0 Å². The number of hydrogen-bond donors (Lipinski definition) is 2. The summed E-state index contributed by atoms with van der Waals surface area (Å²) in [4.78, 5) is 2.27. The zero-order valence-corrected chi connectivity index (χ0v) is 17.7. The van der Waals surface area contributed by atoms with Crippen molar-refractivity contribution >= 4 is 42.8 Å². The van der Waals surface area contributed by atoms with Gasteiger partial charge in [-0.25, -0.2) is 0 Å². The minimum absolute atomic E-state index is 0. The molecule has 1 aromatic carbocycles. The van der Waals surface area contributed by atoms with Gasteiger partial charge < -0.3 is 10.0 Å². The topological polar surface area (TPSA) is 77.9 Å². The Kier molecular flexibility index (Phi) is 8.91. The molecule has 0 amide bonds. The Labute approximate surface area is 182 Å². The standard InChI is InChI=1S/C19H19N5O.3ClH/c1-24-8-6-13(7-9-24)17-4-5-18(23-22-17)16-3-2-14(10-19(16)25)15-11-20-21-12-15;;;/h2-6,10-12,25H,7-9H2,1H3,(H,20,21);3*1H. The summed E-state index contributed by atoms with van der Waals surface area (Å²) in [5.41, 5.74) is 5.30. The van der Waals surface area contributed by atoms with E-state index in [4.69, 9.17) is 0 Å². The van der Waals surface area contributed by atoms with Crippen LogP contribution < -0.4 is 0 Å². The molecule has 0 radical (unpaired) electrons. The number of aromatic hydroxyl groups is 1. The van der Waals surface area contributed by atoms with Gasteiger partial charge in [-0.05, 0) is 48.9 Å². The summed E-state index contributed by atoms with van der Waals surface area (Å²) in [5, 5.41) is 25.7. The highest BCUT2D eigenvalue weighted by atomic mass is 35.5. The van der Waals surface area contributed by atoms with Gasteiger partial charge in [-0.1, -0.05) is 12.1 Å². The number of H-pyrrole nitrogens is 1. The molecule has 0 unspecified atom stereocenters. The average Bonchev–Trinajstić information content (AvgIpc) is 3.17. The van der Waals surface area contributed by atoms with Crippen LogP contribution in [0.1, 0.15) is 12.1 Å². The van der Waals surface area contributed by atoms with E-state index in [1.165, 1.54) is 5.57 Å². The fourth-order valence-corrected chi connectivity index (χ4v) is 2.99. The van der Waals surface area contributed by atoms with Gasteiger partial charge in [0.05, 0.1) is 17.6 Å². The quantitative estimate of drug-likeness (QED) is 0.635. The maximum absolute atomic E-state index is 10.4. The highest BCUT2D eigenvalue weighted by Gasteiger charge is 2.13. The molecule has 4 rings (SSSR count). The molecule has 0 fully saturated rings. The van der Waals surface area contributed by atoms with Gasteiger partial charge in [-0.15, -0.1) is 42.3 Å². The Hall–Kier alpha value is -2.12. The molecule has 3 heterocycles. The van der Waals surface area contributed by atoms with Crippen LogP contribution in [0, 0.1) is 0 Å². The van der Waals surface area contributed by atoms with Crippen LogP contribution in [0.2, 0.25) is 0 Å². The van der Waals surface area contributed by atoms with Gasteiger partial charge in [0.15, 0.2) is 0 Å². The van der Waals surface area contributed by atoms with Crippen LogP contribution in [0.25, 0.3) is 28.0 Å². The van der Waals surface area contributed by atoms with Gasteiger partial charge in [-0.2, -0.15) is 10.2 Å². The first-order valence-corrected chi connectivity index (χ1v) is 8.25. The maximum atomic E-state index is 10.4. The first kappa shape index (κ1) is 23.9. The molecule has 0 bridgehead atoms. The third-order valence-electron chi connectivity index (χ3n) is 4.51. The van der Waals surface area contributed by atoms with Gasteiger partial charge in [0.2, 0.25) is 0 Å². The van der Waals surface area contributed by atoms with Gasteiger partial charge >= 0.3 is 0 Å². The normalized spacial score (nSPS) is 13.5. The lowest BCUT2D eigenvalue weighted by atomic mass is 10.0. The summed E-state index contributed by atoms with van der Waals surface area (Å²) >= 11 is 0. The zero-order chi connectivity index (χ0) is 17.2. The van der Waals surface area contributed by atoms with E-state index in [1.807, 2.05) is 24.3 Å². The SMILES string of the molecule is CN1CC=C(c2ccc(-c3ccc(-c4cn[nH]c4)cc3O)nn2)CC1.Cl.Cl.Cl. The van der Waals surface area contributed by atoms with Crippen molar-refractivity contribution in [3.63, 3.8) is 0 Å². The fraction of sp³-hybridized carbons (Fsp3) is 0.211. The highest BCUT2D eigenvalue weighted by Crippen LogP contribution is 2.32. The Morgan fingerprint density at radius 1 is 1.00 bits per heavy atom. The van der Waals surface area contributed by atoms with Crippen molar-refractivity contribution in [2.24, 2.45) is 0 Å². The monoisotopic (exact) mass is 441 g/mol. The number of phenolic OH excluding ortho intramolecular Hbond substituents is 1. The van der Waals surface area contributed by atoms with Gasteiger partial charge in [-0.3, -0.25) is 5.10 Å². The van der Waals surface area contributed by atoms with Crippen LogP contribution in [-0.4, -0.2) is 50.5 Å². The lowest BCUT2D eigenvalue weighted by Crippen LogP contribution is -2.23. The predicted molar refractivity (Wildman–Crippen MR) is 119 cm³/mol. The van der Waals surface area contributed by atoms with E-state index in [0.717, 1.165) is 36.3 Å². The van der Waals surface area contributed by atoms with Crippen molar-refractivity contribution in [3.8, 4) is 28.1 Å². The first-order chi connectivity index (χ1) is 12.2. The second-order valence-corrected chi connectivity index (χ2v) is 6.26. The maximum Gasteiger partial charge on any atom is 0.125 e. The molecule has 2 N–H and O–H groups in total. The molecule has 0 saturated carbocycles. The molecule has 0 saturated heterocycles. The van der Waals surface area contributed by atoms with Crippen LogP contribution in [0.15, 0.2) is 48.8 Å². The van der Waals surface area contributed by atoms with E-state index in [1.54, 1.807) is 18.5 Å². The molecule has 0 spiro atoms. The molecule has 1 aliphatic heterocycles. The molecule has 0 atom stereocenters. The molecule has 28 heavy (non-hydrogen) atoms. The molecule has 6 nitrogen and oxygen atoms in total. The molecular weight excluding hydrogens is 421 g/mol. The van der Waals surface area contributed by atoms with Crippen molar-refractivity contribution in [3.05, 3.63) is 54.5 Å². The van der Waals surface area contributed by atoms with E-state index in [-0.39, 0.29) is 43.0 Å². The van der Waals surface area contributed by atoms with Crippen LogP contribution in [0.5, 0.6) is 5.75 Å². The summed E-state index contributed by atoms with van der Waals surface area (Å²) in [6.07, 6.45) is 6.69. The number of nitrogens with zero attached hydrogens (tertiary/aromatic N) is 4. The summed E-state index contributed by atoms with van der Waals surface area (Å²) in [7, 11) is 2.11. The third kappa shape index (κ3) is 5.02. The summed E-state index contributed by atoms with van der Waals surface area (Å²) in [5.74, 6) is 0.180. The zero-order valence-electron chi connectivity index (χ0n) is 15.2. The molecule has 1 aliphatic rings. The molecule has 3 aromatic rings. The van der Waals surface area contributed by atoms with Crippen molar-refractivity contribution in [1.82, 2.24) is 25.3 Å². The Balaban J connectivity index is 0.00000131. The molecule has 9 heteroatoms. The number of benzene rings is 1. The van der Waals surface area contributed by atoms with E-state index < -0.39 is 0 Å². The van der Waals surface area contributed by atoms with Crippen LogP contribution >= 0.6 is 37.2 Å². The van der Waals surface area contributed by atoms with Crippen molar-refractivity contribution in [2.45, 2.75) is 6.42 Å². The second-order valence-electron chi connectivity index (χ2n) is 6.26. The minimum atomic E-state index is 0. The van der Waals surface area contributed by atoms with E-state index in [2.05, 4.69) is 38.4 Å². The predicted octanol–water partition coefficient (Wildman–Crippen LogP) is 4.22. The van der Waals surface area contributed by atoms with Crippen LogP contribution in [0.4, 0.5) is 0 Å². The third-order valence-corrected chi connectivity index (χ3v) is 4.51. The summed E-state index contributed by atoms with van der Waals surface area (Å²) < 4.78 is 0. The smallest absolute Gasteiger partial charge is 0.125 e. The average molecular weight is 443 g/mol. The molecular formula is C19H22Cl3N5O. The number of phenols is 1. The number of halogens is 3. The van der Waals surface area contributed by atoms with Crippen molar-refractivity contribution in [1.29, 1.82) is 0 Å². The number of rotatable bonds is 3. The molecule has 2 aromatic heterocycles. The number of hydrogen-bond acceptors (Lipinski definition) is 5. The largest absolute Gasteiger partial charge is 0.507 e. The van der Waals surface area contributed by atoms with E-state index >= 15 is 0 Å². The number of likely N-dealkylation sites (N-methyl/N-ethyl adjacent to an activating group) is 1. The number of aromatic nitrogens is 4. The van der Waals surface area contributed by atoms with Crippen molar-refractivity contribution in [2.75, 3.05) is 20.1 Å². The summed E-state index contributed by atoms with van der Waals surface area (Å²) in [6, 6.07) is 9.40. The van der Waals surface area contributed by atoms with Gasteiger partial charge in [0.1, 0.15) is 5.75 Å². The Morgan fingerprint density at radius 3 is 2.32 bits per heavy atom. The second kappa shape index (κ2) is 10.4. The van der Waals surface area contributed by atoms with Gasteiger partial charge in [0, 0.05) is 30.4 Å². The van der Waals surface area contributed by atoms with E-state index in [9.17, 15) is 5.11 Å². The van der Waals surface area contributed by atoms with Crippen LogP contribution in [-0.2, 0) is 0 Å². The van der Waals surface area contributed by atoms with E-state index in [0.29, 0.717) is 11.3 Å². The lowest BCUT2D eigenvalue weighted by Gasteiger charge is -2.21. The number of nitrogens with one attached hydrogen (secondary N) is 1. The molecule has 150 valence electrons. The first-order valence-electron chi connectivity index (χ1n) is 8.25. The highest BCUT2D eigenvalue weighted by molar-refractivity contribution is 5.86.